The highest BCUT2D eigenvalue weighted by Crippen LogP contribution is 2.25. The molecular formula is C19H20ClN5O. The van der Waals surface area contributed by atoms with Crippen molar-refractivity contribution in [3.8, 4) is 11.4 Å². The van der Waals surface area contributed by atoms with E-state index in [-0.39, 0.29) is 11.9 Å². The van der Waals surface area contributed by atoms with Gasteiger partial charge >= 0.3 is 0 Å². The fraction of sp³-hybridized carbons (Fsp3) is 0.316. The first kappa shape index (κ1) is 16.8. The summed E-state index contributed by atoms with van der Waals surface area (Å²) in [6.45, 7) is 3.23. The molecule has 3 heterocycles. The first-order chi connectivity index (χ1) is 12.7. The molecule has 26 heavy (non-hydrogen) atoms. The van der Waals surface area contributed by atoms with Gasteiger partial charge in [-0.2, -0.15) is 5.10 Å². The molecule has 1 atom stereocenters. The average molecular weight is 370 g/mol. The highest BCUT2D eigenvalue weighted by Gasteiger charge is 2.29. The summed E-state index contributed by atoms with van der Waals surface area (Å²) in [6.07, 6.45) is 5.01. The summed E-state index contributed by atoms with van der Waals surface area (Å²) in [7, 11) is 0. The largest absolute Gasteiger partial charge is 0.340 e. The fourth-order valence-corrected chi connectivity index (χ4v) is 3.50. The van der Waals surface area contributed by atoms with Crippen molar-refractivity contribution >= 4 is 17.5 Å². The monoisotopic (exact) mass is 369 g/mol. The predicted molar refractivity (Wildman–Crippen MR) is 99.7 cm³/mol. The third-order valence-electron chi connectivity index (χ3n) is 4.78. The molecule has 6 nitrogen and oxygen atoms in total. The Morgan fingerprint density at radius 2 is 2.15 bits per heavy atom. The van der Waals surface area contributed by atoms with E-state index >= 15 is 0 Å². The SMILES string of the molecule is CCC(C(=O)N1CCc2nc(-c3ccc(Cl)cc3)[nH]c2C1)n1cccn1. The van der Waals surface area contributed by atoms with Gasteiger partial charge < -0.3 is 9.88 Å². The van der Waals surface area contributed by atoms with E-state index in [1.165, 1.54) is 0 Å². The van der Waals surface area contributed by atoms with Crippen LogP contribution in [0.2, 0.25) is 5.02 Å². The average Bonchev–Trinajstić information content (AvgIpc) is 3.32. The number of rotatable bonds is 4. The van der Waals surface area contributed by atoms with Crippen molar-refractivity contribution in [2.24, 2.45) is 0 Å². The Morgan fingerprint density at radius 3 is 2.85 bits per heavy atom. The van der Waals surface area contributed by atoms with Crippen molar-refractivity contribution in [1.29, 1.82) is 0 Å². The molecule has 0 fully saturated rings. The Morgan fingerprint density at radius 1 is 1.35 bits per heavy atom. The van der Waals surface area contributed by atoms with E-state index in [2.05, 4.69) is 10.1 Å². The third-order valence-corrected chi connectivity index (χ3v) is 5.03. The molecule has 1 aliphatic rings. The number of aromatic nitrogens is 4. The van der Waals surface area contributed by atoms with E-state index in [9.17, 15) is 4.79 Å². The predicted octanol–water partition coefficient (Wildman–Crippen LogP) is 3.46. The highest BCUT2D eigenvalue weighted by molar-refractivity contribution is 6.30. The number of imidazole rings is 1. The van der Waals surface area contributed by atoms with Crippen LogP contribution in [0.25, 0.3) is 11.4 Å². The molecule has 1 amide bonds. The van der Waals surface area contributed by atoms with Gasteiger partial charge in [0.2, 0.25) is 5.91 Å². The Bertz CT molecular complexity index is 901. The number of hydrogen-bond acceptors (Lipinski definition) is 3. The van der Waals surface area contributed by atoms with Gasteiger partial charge in [0.05, 0.1) is 17.9 Å². The lowest BCUT2D eigenvalue weighted by atomic mass is 10.1. The molecule has 0 bridgehead atoms. The second kappa shape index (κ2) is 6.96. The van der Waals surface area contributed by atoms with Crippen molar-refractivity contribution in [2.75, 3.05) is 6.54 Å². The number of hydrogen-bond donors (Lipinski definition) is 1. The standard InChI is InChI=1S/C19H20ClN5O/c1-2-17(25-10-3-9-21-25)19(26)24-11-8-15-16(12-24)23-18(22-15)13-4-6-14(20)7-5-13/h3-7,9-10,17H,2,8,11-12H2,1H3,(H,22,23). The van der Waals surface area contributed by atoms with Gasteiger partial charge in [0.1, 0.15) is 11.9 Å². The van der Waals surface area contributed by atoms with Gasteiger partial charge in [-0.15, -0.1) is 0 Å². The summed E-state index contributed by atoms with van der Waals surface area (Å²) in [4.78, 5) is 22.9. The maximum Gasteiger partial charge on any atom is 0.247 e. The number of H-pyrrole nitrogens is 1. The number of benzene rings is 1. The van der Waals surface area contributed by atoms with Crippen LogP contribution in [0.15, 0.2) is 42.7 Å². The lowest BCUT2D eigenvalue weighted by Gasteiger charge is -2.29. The molecule has 2 aromatic heterocycles. The zero-order valence-electron chi connectivity index (χ0n) is 14.5. The number of nitrogens with one attached hydrogen (secondary N) is 1. The van der Waals surface area contributed by atoms with E-state index in [1.807, 2.05) is 48.4 Å². The fourth-order valence-electron chi connectivity index (χ4n) is 3.38. The minimum Gasteiger partial charge on any atom is -0.340 e. The molecule has 4 rings (SSSR count). The number of halogens is 1. The third kappa shape index (κ3) is 3.12. The maximum absolute atomic E-state index is 13.0. The van der Waals surface area contributed by atoms with Gasteiger partial charge in [-0.3, -0.25) is 9.48 Å². The van der Waals surface area contributed by atoms with Gasteiger partial charge in [0, 0.05) is 35.9 Å². The number of carbonyl (C=O) groups is 1. The quantitative estimate of drug-likeness (QED) is 0.765. The number of fused-ring (bicyclic) bond motifs is 1. The first-order valence-electron chi connectivity index (χ1n) is 8.77. The highest BCUT2D eigenvalue weighted by atomic mass is 35.5. The number of carbonyl (C=O) groups excluding carboxylic acids is 1. The van der Waals surface area contributed by atoms with E-state index in [0.29, 0.717) is 24.5 Å². The summed E-state index contributed by atoms with van der Waals surface area (Å²) in [6, 6.07) is 9.18. The molecule has 1 unspecified atom stereocenters. The first-order valence-corrected chi connectivity index (χ1v) is 9.15. The van der Waals surface area contributed by atoms with Crippen LogP contribution in [0.5, 0.6) is 0 Å². The molecule has 7 heteroatoms. The Hall–Kier alpha value is -2.60. The van der Waals surface area contributed by atoms with Crippen LogP contribution < -0.4 is 0 Å². The zero-order valence-corrected chi connectivity index (χ0v) is 15.3. The van der Waals surface area contributed by atoms with Crippen LogP contribution >= 0.6 is 11.6 Å². The van der Waals surface area contributed by atoms with Gasteiger partial charge in [-0.25, -0.2) is 4.98 Å². The molecule has 0 aliphatic carbocycles. The Kier molecular flexibility index (Phi) is 4.51. The van der Waals surface area contributed by atoms with Crippen molar-refractivity contribution in [2.45, 2.75) is 32.4 Å². The van der Waals surface area contributed by atoms with E-state index in [0.717, 1.165) is 29.2 Å². The topological polar surface area (TPSA) is 66.8 Å². The molecule has 0 radical (unpaired) electrons. The van der Waals surface area contributed by atoms with Gasteiger partial charge in [0.25, 0.3) is 0 Å². The minimum absolute atomic E-state index is 0.101. The van der Waals surface area contributed by atoms with E-state index < -0.39 is 0 Å². The molecule has 1 aromatic carbocycles. The van der Waals surface area contributed by atoms with Crippen molar-refractivity contribution < 1.29 is 4.79 Å². The molecular weight excluding hydrogens is 350 g/mol. The minimum atomic E-state index is -0.259. The molecule has 0 saturated heterocycles. The lowest BCUT2D eigenvalue weighted by Crippen LogP contribution is -2.40. The van der Waals surface area contributed by atoms with E-state index in [1.54, 1.807) is 10.9 Å². The van der Waals surface area contributed by atoms with Gasteiger partial charge in [-0.1, -0.05) is 18.5 Å². The molecule has 134 valence electrons. The number of amides is 1. The zero-order chi connectivity index (χ0) is 18.1. The summed E-state index contributed by atoms with van der Waals surface area (Å²) in [5, 5.41) is 4.94. The second-order valence-electron chi connectivity index (χ2n) is 6.44. The molecule has 0 spiro atoms. The lowest BCUT2D eigenvalue weighted by molar-refractivity contribution is -0.136. The van der Waals surface area contributed by atoms with Crippen LogP contribution in [0, 0.1) is 0 Å². The summed E-state index contributed by atoms with van der Waals surface area (Å²) in [5.41, 5.74) is 3.03. The van der Waals surface area contributed by atoms with Crippen molar-refractivity contribution in [1.82, 2.24) is 24.6 Å². The van der Waals surface area contributed by atoms with Crippen LogP contribution in [0.4, 0.5) is 0 Å². The summed E-state index contributed by atoms with van der Waals surface area (Å²) >= 11 is 5.96. The van der Waals surface area contributed by atoms with Gasteiger partial charge in [0.15, 0.2) is 0 Å². The summed E-state index contributed by atoms with van der Waals surface area (Å²) < 4.78 is 1.74. The normalized spacial score (nSPS) is 14.9. The Labute approximate surface area is 156 Å². The number of aromatic amines is 1. The molecule has 0 saturated carbocycles. The molecule has 1 N–H and O–H groups in total. The van der Waals surface area contributed by atoms with Crippen molar-refractivity contribution in [3.63, 3.8) is 0 Å². The van der Waals surface area contributed by atoms with Gasteiger partial charge in [-0.05, 0) is 36.8 Å². The molecule has 3 aromatic rings. The maximum atomic E-state index is 13.0. The smallest absolute Gasteiger partial charge is 0.247 e. The van der Waals surface area contributed by atoms with E-state index in [4.69, 9.17) is 16.6 Å². The Balaban J connectivity index is 1.54. The van der Waals surface area contributed by atoms with Crippen molar-refractivity contribution in [3.05, 3.63) is 59.1 Å². The van der Waals surface area contributed by atoms with Crippen LogP contribution in [0.3, 0.4) is 0 Å². The summed E-state index contributed by atoms with van der Waals surface area (Å²) in [5.74, 6) is 0.921. The second-order valence-corrected chi connectivity index (χ2v) is 6.87. The van der Waals surface area contributed by atoms with Crippen LogP contribution in [-0.2, 0) is 17.8 Å². The van der Waals surface area contributed by atoms with Crippen LogP contribution in [0.1, 0.15) is 30.8 Å². The van der Waals surface area contributed by atoms with Crippen LogP contribution in [-0.4, -0.2) is 37.1 Å². The number of nitrogens with zero attached hydrogens (tertiary/aromatic N) is 4. The molecule has 1 aliphatic heterocycles.